The third-order valence-corrected chi connectivity index (χ3v) is 8.49. The average Bonchev–Trinajstić information content (AvgIpc) is 3.37. The number of hydrogen-bond donors (Lipinski definition) is 0. The largest absolute Gasteiger partial charge is 0.342 e. The minimum Gasteiger partial charge on any atom is -0.342 e. The highest BCUT2D eigenvalue weighted by Crippen LogP contribution is 2.44. The van der Waals surface area contributed by atoms with Crippen LogP contribution in [-0.4, -0.2) is 51.9 Å². The number of hydrogen-bond acceptors (Lipinski definition) is 3. The third kappa shape index (κ3) is 3.96. The molecule has 1 saturated carbocycles. The molecule has 4 rings (SSSR count). The van der Waals surface area contributed by atoms with Gasteiger partial charge in [-0.15, -0.1) is 11.8 Å². The van der Waals surface area contributed by atoms with Gasteiger partial charge in [0, 0.05) is 37.4 Å². The van der Waals surface area contributed by atoms with Crippen LogP contribution in [0.5, 0.6) is 0 Å². The van der Waals surface area contributed by atoms with E-state index in [1.165, 1.54) is 25.7 Å². The second-order valence-electron chi connectivity index (χ2n) is 8.64. The maximum atomic E-state index is 13.2. The number of thioether (sulfide) groups is 1. The van der Waals surface area contributed by atoms with Gasteiger partial charge in [0.25, 0.3) is 5.91 Å². The van der Waals surface area contributed by atoms with Crippen LogP contribution in [-0.2, 0) is 4.79 Å². The number of benzene rings is 1. The SMILES string of the molecule is Cc1ccccc1C(=O)N1CCSC12CCN(C(=O)CCC1CCCC1)CC2. The second kappa shape index (κ2) is 8.48. The topological polar surface area (TPSA) is 40.6 Å². The Balaban J connectivity index is 1.36. The fourth-order valence-corrected chi connectivity index (χ4v) is 6.61. The highest BCUT2D eigenvalue weighted by molar-refractivity contribution is 8.00. The van der Waals surface area contributed by atoms with Crippen molar-refractivity contribution in [3.05, 3.63) is 35.4 Å². The van der Waals surface area contributed by atoms with Crippen molar-refractivity contribution in [2.75, 3.05) is 25.4 Å². The van der Waals surface area contributed by atoms with Crippen LogP contribution in [0.15, 0.2) is 24.3 Å². The predicted octanol–water partition coefficient (Wildman–Crippen LogP) is 4.47. The molecular formula is C23H32N2O2S. The molecule has 2 heterocycles. The zero-order valence-electron chi connectivity index (χ0n) is 17.0. The van der Waals surface area contributed by atoms with Crippen LogP contribution in [0.2, 0.25) is 0 Å². The third-order valence-electron chi connectivity index (χ3n) is 6.94. The fraction of sp³-hybridized carbons (Fsp3) is 0.652. The summed E-state index contributed by atoms with van der Waals surface area (Å²) < 4.78 is 0. The molecule has 0 radical (unpaired) electrons. The van der Waals surface area contributed by atoms with Gasteiger partial charge < -0.3 is 9.80 Å². The van der Waals surface area contributed by atoms with E-state index in [9.17, 15) is 9.59 Å². The van der Waals surface area contributed by atoms with Crippen molar-refractivity contribution in [3.8, 4) is 0 Å². The lowest BCUT2D eigenvalue weighted by atomic mass is 9.98. The number of rotatable bonds is 4. The molecule has 2 amide bonds. The Labute approximate surface area is 173 Å². The Bertz CT molecular complexity index is 721. The summed E-state index contributed by atoms with van der Waals surface area (Å²) in [7, 11) is 0. The molecule has 152 valence electrons. The first-order valence-corrected chi connectivity index (χ1v) is 11.9. The summed E-state index contributed by atoms with van der Waals surface area (Å²) in [5, 5.41) is 0. The van der Waals surface area contributed by atoms with Gasteiger partial charge in [-0.1, -0.05) is 43.9 Å². The zero-order chi connectivity index (χ0) is 19.6. The summed E-state index contributed by atoms with van der Waals surface area (Å²) in [6.45, 7) is 4.39. The Morgan fingerprint density at radius 2 is 1.82 bits per heavy atom. The summed E-state index contributed by atoms with van der Waals surface area (Å²) >= 11 is 1.92. The first-order chi connectivity index (χ1) is 13.6. The molecule has 0 bridgehead atoms. The number of piperidine rings is 1. The average molecular weight is 401 g/mol. The molecule has 4 nitrogen and oxygen atoms in total. The Morgan fingerprint density at radius 3 is 2.54 bits per heavy atom. The van der Waals surface area contributed by atoms with Crippen LogP contribution in [0.1, 0.15) is 67.3 Å². The zero-order valence-corrected chi connectivity index (χ0v) is 17.8. The number of carbonyl (C=O) groups excluding carboxylic acids is 2. The highest BCUT2D eigenvalue weighted by atomic mass is 32.2. The van der Waals surface area contributed by atoms with Gasteiger partial charge in [-0.05, 0) is 43.7 Å². The van der Waals surface area contributed by atoms with Crippen molar-refractivity contribution >= 4 is 23.6 Å². The second-order valence-corrected chi connectivity index (χ2v) is 10.1. The molecule has 1 spiro atoms. The van der Waals surface area contributed by atoms with Crippen LogP contribution in [0.4, 0.5) is 0 Å². The molecule has 3 fully saturated rings. The van der Waals surface area contributed by atoms with Crippen molar-refractivity contribution in [1.29, 1.82) is 0 Å². The van der Waals surface area contributed by atoms with Crippen molar-refractivity contribution in [1.82, 2.24) is 9.80 Å². The lowest BCUT2D eigenvalue weighted by Crippen LogP contribution is -2.53. The molecule has 3 aliphatic rings. The van der Waals surface area contributed by atoms with E-state index in [2.05, 4.69) is 9.80 Å². The lowest BCUT2D eigenvalue weighted by molar-refractivity contribution is -0.133. The smallest absolute Gasteiger partial charge is 0.255 e. The van der Waals surface area contributed by atoms with Gasteiger partial charge in [0.2, 0.25) is 5.91 Å². The Morgan fingerprint density at radius 1 is 1.11 bits per heavy atom. The minimum absolute atomic E-state index is 0.123. The van der Waals surface area contributed by atoms with E-state index >= 15 is 0 Å². The quantitative estimate of drug-likeness (QED) is 0.748. The summed E-state index contributed by atoms with van der Waals surface area (Å²) in [6.07, 6.45) is 8.85. The number of carbonyl (C=O) groups is 2. The van der Waals surface area contributed by atoms with Gasteiger partial charge in [-0.3, -0.25) is 9.59 Å². The standard InChI is InChI=1S/C23H32N2O2S/c1-18-6-2-5-9-20(18)22(27)25-16-17-28-23(25)12-14-24(15-13-23)21(26)11-10-19-7-3-4-8-19/h2,5-6,9,19H,3-4,7-8,10-17H2,1H3. The van der Waals surface area contributed by atoms with Crippen LogP contribution in [0.25, 0.3) is 0 Å². The molecule has 0 unspecified atom stereocenters. The molecule has 5 heteroatoms. The molecule has 1 aromatic carbocycles. The minimum atomic E-state index is -0.123. The molecule has 0 N–H and O–H groups in total. The summed E-state index contributed by atoms with van der Waals surface area (Å²) in [6, 6.07) is 7.88. The monoisotopic (exact) mass is 400 g/mol. The van der Waals surface area contributed by atoms with E-state index in [0.29, 0.717) is 12.3 Å². The molecule has 1 aliphatic carbocycles. The van der Waals surface area contributed by atoms with E-state index in [0.717, 1.165) is 61.7 Å². The molecule has 28 heavy (non-hydrogen) atoms. The van der Waals surface area contributed by atoms with E-state index < -0.39 is 0 Å². The van der Waals surface area contributed by atoms with Crippen molar-refractivity contribution in [2.45, 2.75) is 63.2 Å². The molecule has 0 aromatic heterocycles. The van der Waals surface area contributed by atoms with E-state index in [1.54, 1.807) is 0 Å². The molecule has 2 saturated heterocycles. The normalized spacial score (nSPS) is 22.2. The van der Waals surface area contributed by atoms with Gasteiger partial charge in [-0.2, -0.15) is 0 Å². The van der Waals surface area contributed by atoms with Gasteiger partial charge in [0.15, 0.2) is 0 Å². The summed E-state index contributed by atoms with van der Waals surface area (Å²) in [5.41, 5.74) is 1.86. The van der Waals surface area contributed by atoms with Crippen LogP contribution < -0.4 is 0 Å². The predicted molar refractivity (Wildman–Crippen MR) is 114 cm³/mol. The van der Waals surface area contributed by atoms with E-state index in [-0.39, 0.29) is 10.8 Å². The van der Waals surface area contributed by atoms with Gasteiger partial charge in [0.05, 0.1) is 4.87 Å². The van der Waals surface area contributed by atoms with Gasteiger partial charge in [0.1, 0.15) is 0 Å². The molecule has 2 aliphatic heterocycles. The first kappa shape index (κ1) is 19.8. The van der Waals surface area contributed by atoms with Crippen molar-refractivity contribution in [3.63, 3.8) is 0 Å². The Kier molecular flexibility index (Phi) is 6.00. The van der Waals surface area contributed by atoms with Crippen LogP contribution in [0, 0.1) is 12.8 Å². The maximum absolute atomic E-state index is 13.2. The molecular weight excluding hydrogens is 368 g/mol. The number of likely N-dealkylation sites (tertiary alicyclic amines) is 1. The van der Waals surface area contributed by atoms with Gasteiger partial charge in [-0.25, -0.2) is 0 Å². The molecule has 0 atom stereocenters. The lowest BCUT2D eigenvalue weighted by Gasteiger charge is -2.44. The summed E-state index contributed by atoms with van der Waals surface area (Å²) in [5.74, 6) is 2.24. The van der Waals surface area contributed by atoms with Crippen molar-refractivity contribution in [2.24, 2.45) is 5.92 Å². The molecule has 1 aromatic rings. The number of aryl methyl sites for hydroxylation is 1. The van der Waals surface area contributed by atoms with Gasteiger partial charge >= 0.3 is 0 Å². The van der Waals surface area contributed by atoms with E-state index in [4.69, 9.17) is 0 Å². The number of nitrogens with zero attached hydrogens (tertiary/aromatic N) is 2. The first-order valence-electron chi connectivity index (χ1n) is 10.9. The highest BCUT2D eigenvalue weighted by Gasteiger charge is 2.47. The summed E-state index contributed by atoms with van der Waals surface area (Å²) in [4.78, 5) is 29.9. The maximum Gasteiger partial charge on any atom is 0.255 e. The Hall–Kier alpha value is -1.49. The van der Waals surface area contributed by atoms with Crippen molar-refractivity contribution < 1.29 is 9.59 Å². The van der Waals surface area contributed by atoms with Crippen LogP contribution in [0.3, 0.4) is 0 Å². The number of amides is 2. The fourth-order valence-electron chi connectivity index (χ4n) is 5.16. The van der Waals surface area contributed by atoms with Crippen LogP contribution >= 0.6 is 11.8 Å². The van der Waals surface area contributed by atoms with E-state index in [1.807, 2.05) is 43.0 Å².